The van der Waals surface area contributed by atoms with E-state index in [1.807, 2.05) is 55.9 Å². The molecule has 1 aromatic carbocycles. The summed E-state index contributed by atoms with van der Waals surface area (Å²) >= 11 is 0. The number of benzene rings is 1. The normalized spacial score (nSPS) is 12.2. The summed E-state index contributed by atoms with van der Waals surface area (Å²) in [7, 11) is 0. The predicted molar refractivity (Wildman–Crippen MR) is 89.4 cm³/mol. The smallest absolute Gasteiger partial charge is 0.241 e. The highest BCUT2D eigenvalue weighted by Crippen LogP contribution is 2.16. The van der Waals surface area contributed by atoms with Crippen LogP contribution in [0.4, 0.5) is 5.69 Å². The molecule has 118 valence electrons. The van der Waals surface area contributed by atoms with Crippen LogP contribution in [0.15, 0.2) is 30.6 Å². The number of nitrogens with one attached hydrogen (secondary N) is 2. The standard InChI is InChI=1S/C17H24N4O/c1-5-10-18-13(3)17(22)20-15-6-8-16(9-7-15)21-11-19-12(2)14(21)4/h6-9,11,13,18H,5,10H2,1-4H3,(H,20,22). The number of hydrogen-bond donors (Lipinski definition) is 2. The first kappa shape index (κ1) is 16.2. The van der Waals surface area contributed by atoms with E-state index in [1.165, 1.54) is 0 Å². The fourth-order valence-corrected chi connectivity index (χ4v) is 2.17. The molecule has 22 heavy (non-hydrogen) atoms. The van der Waals surface area contributed by atoms with Gasteiger partial charge in [0.1, 0.15) is 0 Å². The average Bonchev–Trinajstić information content (AvgIpc) is 2.85. The molecule has 1 heterocycles. The minimum absolute atomic E-state index is 0.0177. The number of hydrogen-bond acceptors (Lipinski definition) is 3. The molecular weight excluding hydrogens is 276 g/mol. The summed E-state index contributed by atoms with van der Waals surface area (Å²) < 4.78 is 2.03. The van der Waals surface area contributed by atoms with E-state index in [0.717, 1.165) is 35.7 Å². The Morgan fingerprint density at radius 2 is 1.95 bits per heavy atom. The molecule has 0 bridgehead atoms. The van der Waals surface area contributed by atoms with Gasteiger partial charge < -0.3 is 15.2 Å². The molecule has 0 saturated heterocycles. The number of nitrogens with zero attached hydrogens (tertiary/aromatic N) is 2. The SMILES string of the molecule is CCCNC(C)C(=O)Nc1ccc(-n2cnc(C)c2C)cc1. The second kappa shape index (κ2) is 7.22. The van der Waals surface area contributed by atoms with Crippen LogP contribution in [0.2, 0.25) is 0 Å². The number of rotatable bonds is 6. The van der Waals surface area contributed by atoms with Crippen LogP contribution in [-0.4, -0.2) is 28.0 Å². The Morgan fingerprint density at radius 1 is 1.27 bits per heavy atom. The number of aromatic nitrogens is 2. The van der Waals surface area contributed by atoms with Gasteiger partial charge in [-0.3, -0.25) is 4.79 Å². The molecule has 5 nitrogen and oxygen atoms in total. The molecule has 2 rings (SSSR count). The highest BCUT2D eigenvalue weighted by molar-refractivity contribution is 5.94. The first-order chi connectivity index (χ1) is 10.5. The van der Waals surface area contributed by atoms with Crippen molar-refractivity contribution in [1.82, 2.24) is 14.9 Å². The van der Waals surface area contributed by atoms with E-state index in [0.29, 0.717) is 0 Å². The number of amides is 1. The van der Waals surface area contributed by atoms with Crippen LogP contribution < -0.4 is 10.6 Å². The van der Waals surface area contributed by atoms with E-state index < -0.39 is 0 Å². The van der Waals surface area contributed by atoms with Crippen molar-refractivity contribution in [3.8, 4) is 5.69 Å². The molecule has 1 amide bonds. The lowest BCUT2D eigenvalue weighted by molar-refractivity contribution is -0.117. The zero-order chi connectivity index (χ0) is 16.1. The summed E-state index contributed by atoms with van der Waals surface area (Å²) in [5, 5.41) is 6.10. The van der Waals surface area contributed by atoms with Crippen LogP contribution in [0.5, 0.6) is 0 Å². The van der Waals surface area contributed by atoms with E-state index in [4.69, 9.17) is 0 Å². The lowest BCUT2D eigenvalue weighted by Gasteiger charge is -2.14. The number of imidazole rings is 1. The van der Waals surface area contributed by atoms with Gasteiger partial charge in [0.2, 0.25) is 5.91 Å². The van der Waals surface area contributed by atoms with Gasteiger partial charge in [-0.25, -0.2) is 4.98 Å². The molecule has 1 aromatic heterocycles. The molecule has 1 unspecified atom stereocenters. The maximum absolute atomic E-state index is 12.0. The van der Waals surface area contributed by atoms with Crippen molar-refractivity contribution in [2.45, 2.75) is 40.2 Å². The Labute approximate surface area is 131 Å². The first-order valence-electron chi connectivity index (χ1n) is 7.68. The third kappa shape index (κ3) is 3.74. The van der Waals surface area contributed by atoms with Crippen LogP contribution in [0.25, 0.3) is 5.69 Å². The summed E-state index contributed by atoms with van der Waals surface area (Å²) in [4.78, 5) is 16.3. The molecule has 0 saturated carbocycles. The van der Waals surface area contributed by atoms with Gasteiger partial charge in [-0.05, 0) is 58.0 Å². The Morgan fingerprint density at radius 3 is 2.50 bits per heavy atom. The van der Waals surface area contributed by atoms with Crippen molar-refractivity contribution in [2.75, 3.05) is 11.9 Å². The molecule has 1 atom stereocenters. The summed E-state index contributed by atoms with van der Waals surface area (Å²) in [6.45, 7) is 8.82. The molecular formula is C17H24N4O. The van der Waals surface area contributed by atoms with Crippen molar-refractivity contribution in [3.05, 3.63) is 42.0 Å². The van der Waals surface area contributed by atoms with Crippen molar-refractivity contribution >= 4 is 11.6 Å². The Kier molecular flexibility index (Phi) is 5.33. The number of carbonyl (C=O) groups excluding carboxylic acids is 1. The van der Waals surface area contributed by atoms with Crippen molar-refractivity contribution < 1.29 is 4.79 Å². The Balaban J connectivity index is 2.03. The monoisotopic (exact) mass is 300 g/mol. The predicted octanol–water partition coefficient (Wildman–Crippen LogP) is 2.82. The van der Waals surface area contributed by atoms with Gasteiger partial charge in [0, 0.05) is 17.1 Å². The molecule has 0 aliphatic rings. The summed E-state index contributed by atoms with van der Waals surface area (Å²) in [5.41, 5.74) is 3.98. The van der Waals surface area contributed by atoms with Gasteiger partial charge in [-0.15, -0.1) is 0 Å². The van der Waals surface area contributed by atoms with Crippen molar-refractivity contribution in [2.24, 2.45) is 0 Å². The van der Waals surface area contributed by atoms with E-state index in [2.05, 4.69) is 22.5 Å². The molecule has 5 heteroatoms. The van der Waals surface area contributed by atoms with E-state index in [1.54, 1.807) is 0 Å². The highest BCUT2D eigenvalue weighted by Gasteiger charge is 2.11. The lowest BCUT2D eigenvalue weighted by Crippen LogP contribution is -2.38. The minimum atomic E-state index is -0.196. The molecule has 0 aliphatic heterocycles. The van der Waals surface area contributed by atoms with Crippen LogP contribution in [-0.2, 0) is 4.79 Å². The van der Waals surface area contributed by atoms with Crippen LogP contribution in [0.1, 0.15) is 31.7 Å². The third-order valence-corrected chi connectivity index (χ3v) is 3.76. The van der Waals surface area contributed by atoms with Gasteiger partial charge in [-0.2, -0.15) is 0 Å². The first-order valence-corrected chi connectivity index (χ1v) is 7.68. The van der Waals surface area contributed by atoms with E-state index in [-0.39, 0.29) is 11.9 Å². The Bertz CT molecular complexity index is 631. The lowest BCUT2D eigenvalue weighted by atomic mass is 10.2. The van der Waals surface area contributed by atoms with Crippen molar-refractivity contribution in [1.29, 1.82) is 0 Å². The highest BCUT2D eigenvalue weighted by atomic mass is 16.2. The second-order valence-electron chi connectivity index (χ2n) is 5.50. The quantitative estimate of drug-likeness (QED) is 0.862. The van der Waals surface area contributed by atoms with Gasteiger partial charge in [0.05, 0.1) is 18.1 Å². The average molecular weight is 300 g/mol. The third-order valence-electron chi connectivity index (χ3n) is 3.76. The summed E-state index contributed by atoms with van der Waals surface area (Å²) in [5.74, 6) is -0.0177. The Hall–Kier alpha value is -2.14. The zero-order valence-electron chi connectivity index (χ0n) is 13.7. The second-order valence-corrected chi connectivity index (χ2v) is 5.50. The van der Waals surface area contributed by atoms with Gasteiger partial charge in [0.25, 0.3) is 0 Å². The number of aryl methyl sites for hydroxylation is 1. The van der Waals surface area contributed by atoms with Crippen molar-refractivity contribution in [3.63, 3.8) is 0 Å². The fourth-order valence-electron chi connectivity index (χ4n) is 2.17. The van der Waals surface area contributed by atoms with E-state index >= 15 is 0 Å². The molecule has 0 spiro atoms. The molecule has 0 fully saturated rings. The number of carbonyl (C=O) groups is 1. The van der Waals surface area contributed by atoms with Crippen LogP contribution in [0.3, 0.4) is 0 Å². The molecule has 0 radical (unpaired) electrons. The summed E-state index contributed by atoms with van der Waals surface area (Å²) in [6.07, 6.45) is 2.82. The zero-order valence-corrected chi connectivity index (χ0v) is 13.7. The number of anilines is 1. The topological polar surface area (TPSA) is 59.0 Å². The van der Waals surface area contributed by atoms with Gasteiger partial charge in [-0.1, -0.05) is 6.92 Å². The maximum atomic E-state index is 12.0. The molecule has 2 N–H and O–H groups in total. The van der Waals surface area contributed by atoms with Gasteiger partial charge >= 0.3 is 0 Å². The largest absolute Gasteiger partial charge is 0.325 e. The van der Waals surface area contributed by atoms with E-state index in [9.17, 15) is 4.79 Å². The molecule has 2 aromatic rings. The molecule has 0 aliphatic carbocycles. The van der Waals surface area contributed by atoms with Crippen LogP contribution >= 0.6 is 0 Å². The van der Waals surface area contributed by atoms with Gasteiger partial charge in [0.15, 0.2) is 0 Å². The minimum Gasteiger partial charge on any atom is -0.325 e. The fraction of sp³-hybridized carbons (Fsp3) is 0.412. The van der Waals surface area contributed by atoms with Crippen LogP contribution in [0, 0.1) is 13.8 Å². The summed E-state index contributed by atoms with van der Waals surface area (Å²) in [6, 6.07) is 7.59. The maximum Gasteiger partial charge on any atom is 0.241 e.